The third-order valence-corrected chi connectivity index (χ3v) is 4.31. The Morgan fingerprint density at radius 2 is 1.92 bits per heavy atom. The summed E-state index contributed by atoms with van der Waals surface area (Å²) in [6.45, 7) is 1.83. The summed E-state index contributed by atoms with van der Waals surface area (Å²) in [5, 5.41) is 5.59. The largest absolute Gasteiger partial charge is 0.497 e. The number of ether oxygens (including phenoxy) is 2. The Balaban J connectivity index is 1.92. The zero-order valence-corrected chi connectivity index (χ0v) is 14.2. The lowest BCUT2D eigenvalue weighted by Crippen LogP contribution is -2.45. The summed E-state index contributed by atoms with van der Waals surface area (Å²) in [5.41, 5.74) is 0.809. The van der Waals surface area contributed by atoms with Crippen molar-refractivity contribution >= 4 is 6.03 Å². The molecule has 0 saturated heterocycles. The van der Waals surface area contributed by atoms with Gasteiger partial charge in [-0.3, -0.25) is 0 Å². The van der Waals surface area contributed by atoms with Crippen LogP contribution in [0.25, 0.3) is 0 Å². The van der Waals surface area contributed by atoms with Gasteiger partial charge >= 0.3 is 6.03 Å². The van der Waals surface area contributed by atoms with Crippen molar-refractivity contribution in [3.05, 3.63) is 23.8 Å². The molecule has 0 aromatic heterocycles. The average molecular weight is 342 g/mol. The van der Waals surface area contributed by atoms with Gasteiger partial charge in [0, 0.05) is 30.5 Å². The molecule has 0 spiro atoms. The number of hydrogen-bond donors (Lipinski definition) is 2. The number of alkyl halides is 2. The summed E-state index contributed by atoms with van der Waals surface area (Å²) in [6, 6.07) is 4.48. The first-order valence-electron chi connectivity index (χ1n) is 8.01. The number of hydrogen-bond acceptors (Lipinski definition) is 3. The molecule has 0 aliphatic heterocycles. The molecular formula is C17H24F2N2O3. The molecule has 0 radical (unpaired) electrons. The van der Waals surface area contributed by atoms with E-state index in [1.807, 2.05) is 13.0 Å². The maximum atomic E-state index is 13.1. The van der Waals surface area contributed by atoms with Crippen LogP contribution >= 0.6 is 0 Å². The molecule has 2 rings (SSSR count). The van der Waals surface area contributed by atoms with Gasteiger partial charge in [0.15, 0.2) is 0 Å². The molecule has 0 heterocycles. The van der Waals surface area contributed by atoms with Crippen LogP contribution in [-0.4, -0.2) is 32.2 Å². The Morgan fingerprint density at radius 1 is 1.25 bits per heavy atom. The second-order valence-electron chi connectivity index (χ2n) is 6.08. The van der Waals surface area contributed by atoms with Crippen LogP contribution < -0.4 is 20.1 Å². The highest BCUT2D eigenvalue weighted by molar-refractivity contribution is 5.75. The SMILES string of the molecule is COc1ccc([C@@H](C)NC(=O)NC2CCC(F)(F)CC2)c(OC)c1. The first-order chi connectivity index (χ1) is 11.3. The molecule has 1 aliphatic rings. The summed E-state index contributed by atoms with van der Waals surface area (Å²) in [7, 11) is 3.12. The molecular weight excluding hydrogens is 318 g/mol. The lowest BCUT2D eigenvalue weighted by molar-refractivity contribution is -0.0395. The standard InChI is InChI=1S/C17H24F2N2O3/c1-11(14-5-4-13(23-2)10-15(14)24-3)20-16(22)21-12-6-8-17(18,19)9-7-12/h4-5,10-12H,6-9H2,1-3H3,(H2,20,21,22)/t11-/m1/s1. The molecule has 1 fully saturated rings. The zero-order valence-electron chi connectivity index (χ0n) is 14.2. The third kappa shape index (κ3) is 4.72. The van der Waals surface area contributed by atoms with Crippen LogP contribution in [-0.2, 0) is 0 Å². The number of carbonyl (C=O) groups is 1. The zero-order chi connectivity index (χ0) is 17.7. The minimum absolute atomic E-state index is 0.181. The third-order valence-electron chi connectivity index (χ3n) is 4.31. The molecule has 1 aromatic carbocycles. The topological polar surface area (TPSA) is 59.6 Å². The van der Waals surface area contributed by atoms with E-state index in [1.54, 1.807) is 26.4 Å². The molecule has 2 amide bonds. The van der Waals surface area contributed by atoms with Gasteiger partial charge in [-0.25, -0.2) is 13.6 Å². The maximum Gasteiger partial charge on any atom is 0.315 e. The fourth-order valence-electron chi connectivity index (χ4n) is 2.86. The number of amides is 2. The fraction of sp³-hybridized carbons (Fsp3) is 0.588. The number of halogens is 2. The first kappa shape index (κ1) is 18.3. The van der Waals surface area contributed by atoms with Gasteiger partial charge in [0.05, 0.1) is 20.3 Å². The van der Waals surface area contributed by atoms with E-state index in [1.165, 1.54) is 0 Å². The predicted molar refractivity (Wildman–Crippen MR) is 86.8 cm³/mol. The molecule has 5 nitrogen and oxygen atoms in total. The highest BCUT2D eigenvalue weighted by Crippen LogP contribution is 2.33. The summed E-state index contributed by atoms with van der Waals surface area (Å²) >= 11 is 0. The predicted octanol–water partition coefficient (Wildman–Crippen LogP) is 3.64. The summed E-state index contributed by atoms with van der Waals surface area (Å²) in [6.07, 6.45) is 0.223. The molecule has 134 valence electrons. The highest BCUT2D eigenvalue weighted by atomic mass is 19.3. The molecule has 2 N–H and O–H groups in total. The van der Waals surface area contributed by atoms with E-state index >= 15 is 0 Å². The molecule has 0 unspecified atom stereocenters. The van der Waals surface area contributed by atoms with E-state index < -0.39 is 5.92 Å². The van der Waals surface area contributed by atoms with E-state index in [4.69, 9.17) is 9.47 Å². The summed E-state index contributed by atoms with van der Waals surface area (Å²) in [5.74, 6) is -1.33. The van der Waals surface area contributed by atoms with E-state index in [0.717, 1.165) is 5.56 Å². The molecule has 7 heteroatoms. The quantitative estimate of drug-likeness (QED) is 0.859. The van der Waals surface area contributed by atoms with E-state index in [0.29, 0.717) is 24.3 Å². The van der Waals surface area contributed by atoms with Crippen molar-refractivity contribution in [3.63, 3.8) is 0 Å². The molecule has 1 saturated carbocycles. The van der Waals surface area contributed by atoms with Crippen molar-refractivity contribution in [2.24, 2.45) is 0 Å². The van der Waals surface area contributed by atoms with Crippen LogP contribution in [0.5, 0.6) is 11.5 Å². The number of methoxy groups -OCH3 is 2. The minimum Gasteiger partial charge on any atom is -0.497 e. The first-order valence-corrected chi connectivity index (χ1v) is 8.01. The number of nitrogens with one attached hydrogen (secondary N) is 2. The van der Waals surface area contributed by atoms with Crippen molar-refractivity contribution in [1.82, 2.24) is 10.6 Å². The van der Waals surface area contributed by atoms with Crippen LogP contribution in [0.15, 0.2) is 18.2 Å². The van der Waals surface area contributed by atoms with Crippen LogP contribution in [0.4, 0.5) is 13.6 Å². The van der Waals surface area contributed by atoms with Crippen molar-refractivity contribution in [2.75, 3.05) is 14.2 Å². The number of rotatable bonds is 5. The van der Waals surface area contributed by atoms with Crippen LogP contribution in [0.3, 0.4) is 0 Å². The molecule has 0 bridgehead atoms. The second-order valence-corrected chi connectivity index (χ2v) is 6.08. The maximum absolute atomic E-state index is 13.1. The van der Waals surface area contributed by atoms with Crippen LogP contribution in [0, 0.1) is 0 Å². The van der Waals surface area contributed by atoms with Crippen molar-refractivity contribution in [2.45, 2.75) is 50.6 Å². The minimum atomic E-state index is -2.60. The van der Waals surface area contributed by atoms with Crippen molar-refractivity contribution < 1.29 is 23.0 Å². The average Bonchev–Trinajstić information content (AvgIpc) is 2.56. The normalized spacial score (nSPS) is 18.5. The smallest absolute Gasteiger partial charge is 0.315 e. The molecule has 24 heavy (non-hydrogen) atoms. The lowest BCUT2D eigenvalue weighted by atomic mass is 9.92. The molecule has 1 aromatic rings. The Bertz CT molecular complexity index is 571. The highest BCUT2D eigenvalue weighted by Gasteiger charge is 2.35. The van der Waals surface area contributed by atoms with Gasteiger partial charge in [-0.15, -0.1) is 0 Å². The van der Waals surface area contributed by atoms with Gasteiger partial charge in [-0.1, -0.05) is 0 Å². The van der Waals surface area contributed by atoms with Crippen LogP contribution in [0.1, 0.15) is 44.2 Å². The molecule has 1 atom stereocenters. The lowest BCUT2D eigenvalue weighted by Gasteiger charge is -2.29. The van der Waals surface area contributed by atoms with Crippen LogP contribution in [0.2, 0.25) is 0 Å². The second kappa shape index (κ2) is 7.68. The van der Waals surface area contributed by atoms with Gasteiger partial charge in [0.2, 0.25) is 5.92 Å². The van der Waals surface area contributed by atoms with E-state index in [2.05, 4.69) is 10.6 Å². The van der Waals surface area contributed by atoms with Crippen molar-refractivity contribution in [3.8, 4) is 11.5 Å². The molecule has 1 aliphatic carbocycles. The summed E-state index contributed by atoms with van der Waals surface area (Å²) < 4.78 is 36.8. The Labute approximate surface area is 140 Å². The van der Waals surface area contributed by atoms with Gasteiger partial charge < -0.3 is 20.1 Å². The summed E-state index contributed by atoms with van der Waals surface area (Å²) in [4.78, 5) is 12.1. The number of carbonyl (C=O) groups excluding carboxylic acids is 1. The Hall–Kier alpha value is -2.05. The monoisotopic (exact) mass is 342 g/mol. The van der Waals surface area contributed by atoms with E-state index in [-0.39, 0.29) is 31.0 Å². The van der Waals surface area contributed by atoms with Gasteiger partial charge in [-0.05, 0) is 31.9 Å². The van der Waals surface area contributed by atoms with Crippen molar-refractivity contribution in [1.29, 1.82) is 0 Å². The Kier molecular flexibility index (Phi) is 5.85. The van der Waals surface area contributed by atoms with Gasteiger partial charge in [-0.2, -0.15) is 0 Å². The van der Waals surface area contributed by atoms with Gasteiger partial charge in [0.1, 0.15) is 11.5 Å². The fourth-order valence-corrected chi connectivity index (χ4v) is 2.86. The Morgan fingerprint density at radius 3 is 2.50 bits per heavy atom. The van der Waals surface area contributed by atoms with E-state index in [9.17, 15) is 13.6 Å². The number of urea groups is 1. The van der Waals surface area contributed by atoms with Gasteiger partial charge in [0.25, 0.3) is 0 Å². The number of benzene rings is 1.